The second-order valence-electron chi connectivity index (χ2n) is 5.72. The van der Waals surface area contributed by atoms with Gasteiger partial charge in [-0.25, -0.2) is 4.39 Å². The van der Waals surface area contributed by atoms with Crippen molar-refractivity contribution in [2.45, 2.75) is 49.8 Å². The summed E-state index contributed by atoms with van der Waals surface area (Å²) in [5.74, 6) is -0.200. The lowest BCUT2D eigenvalue weighted by molar-refractivity contribution is 0.367. The van der Waals surface area contributed by atoms with Crippen LogP contribution in [0.15, 0.2) is 22.7 Å². The van der Waals surface area contributed by atoms with E-state index in [2.05, 4.69) is 34.4 Å². The van der Waals surface area contributed by atoms with Gasteiger partial charge in [0.05, 0.1) is 4.47 Å². The van der Waals surface area contributed by atoms with Crippen LogP contribution in [0.25, 0.3) is 0 Å². The Hall–Kier alpha value is -0.0600. The van der Waals surface area contributed by atoms with Gasteiger partial charge in [0.2, 0.25) is 0 Å². The van der Waals surface area contributed by atoms with E-state index in [1.807, 2.05) is 23.9 Å². The van der Waals surface area contributed by atoms with Crippen LogP contribution in [-0.2, 0) is 0 Å². The first kappa shape index (κ1) is 16.3. The average molecular weight is 360 g/mol. The standard InChI is InChI=1S/C16H23BrFNS/c1-12(13-6-7-15(18)14(17)10-13)19-11-16(20-2)8-4-3-5-9-16/h6-7,10,12,19H,3-5,8-9,11H2,1-2H3. The Morgan fingerprint density at radius 1 is 1.35 bits per heavy atom. The molecule has 1 fully saturated rings. The summed E-state index contributed by atoms with van der Waals surface area (Å²) >= 11 is 5.26. The van der Waals surface area contributed by atoms with Gasteiger partial charge in [-0.15, -0.1) is 0 Å². The Balaban J connectivity index is 1.96. The van der Waals surface area contributed by atoms with Gasteiger partial charge in [0.25, 0.3) is 0 Å². The van der Waals surface area contributed by atoms with E-state index in [0.29, 0.717) is 9.22 Å². The summed E-state index contributed by atoms with van der Waals surface area (Å²) in [4.78, 5) is 0. The van der Waals surface area contributed by atoms with Gasteiger partial charge in [-0.1, -0.05) is 25.3 Å². The minimum Gasteiger partial charge on any atom is -0.309 e. The van der Waals surface area contributed by atoms with Gasteiger partial charge in [0.15, 0.2) is 0 Å². The van der Waals surface area contributed by atoms with Crippen LogP contribution < -0.4 is 5.32 Å². The van der Waals surface area contributed by atoms with E-state index < -0.39 is 0 Å². The number of thioether (sulfide) groups is 1. The molecule has 1 nitrogen and oxygen atoms in total. The van der Waals surface area contributed by atoms with Crippen LogP contribution in [-0.4, -0.2) is 17.5 Å². The molecule has 0 bridgehead atoms. The molecule has 1 aromatic rings. The molecular formula is C16H23BrFNS. The van der Waals surface area contributed by atoms with Crippen molar-refractivity contribution in [2.75, 3.05) is 12.8 Å². The van der Waals surface area contributed by atoms with Gasteiger partial charge in [0, 0.05) is 17.3 Å². The van der Waals surface area contributed by atoms with Crippen molar-refractivity contribution in [1.29, 1.82) is 0 Å². The molecule has 0 radical (unpaired) electrons. The Morgan fingerprint density at radius 3 is 2.65 bits per heavy atom. The molecule has 1 saturated carbocycles. The van der Waals surface area contributed by atoms with Gasteiger partial charge >= 0.3 is 0 Å². The summed E-state index contributed by atoms with van der Waals surface area (Å²) < 4.78 is 14.2. The van der Waals surface area contributed by atoms with E-state index in [0.717, 1.165) is 12.1 Å². The SMILES string of the molecule is CSC1(CNC(C)c2ccc(F)c(Br)c2)CCCCC1. The number of hydrogen-bond donors (Lipinski definition) is 1. The topological polar surface area (TPSA) is 12.0 Å². The van der Waals surface area contributed by atoms with Crippen LogP contribution in [0.2, 0.25) is 0 Å². The van der Waals surface area contributed by atoms with E-state index in [1.165, 1.54) is 38.2 Å². The molecule has 1 unspecified atom stereocenters. The van der Waals surface area contributed by atoms with Crippen molar-refractivity contribution in [1.82, 2.24) is 5.32 Å². The van der Waals surface area contributed by atoms with E-state index in [4.69, 9.17) is 0 Å². The number of nitrogens with one attached hydrogen (secondary N) is 1. The van der Waals surface area contributed by atoms with Crippen molar-refractivity contribution in [3.05, 3.63) is 34.1 Å². The van der Waals surface area contributed by atoms with Crippen molar-refractivity contribution in [3.8, 4) is 0 Å². The van der Waals surface area contributed by atoms with E-state index in [9.17, 15) is 4.39 Å². The molecular weight excluding hydrogens is 337 g/mol. The van der Waals surface area contributed by atoms with Gasteiger partial charge in [-0.2, -0.15) is 11.8 Å². The van der Waals surface area contributed by atoms with Gasteiger partial charge in [-0.3, -0.25) is 0 Å². The Morgan fingerprint density at radius 2 is 2.05 bits per heavy atom. The number of benzene rings is 1. The Bertz CT molecular complexity index is 446. The molecule has 0 spiro atoms. The lowest BCUT2D eigenvalue weighted by Gasteiger charge is -2.37. The zero-order valence-corrected chi connectivity index (χ0v) is 14.6. The highest BCUT2D eigenvalue weighted by molar-refractivity contribution is 9.10. The lowest BCUT2D eigenvalue weighted by Crippen LogP contribution is -2.40. The molecule has 0 saturated heterocycles. The smallest absolute Gasteiger partial charge is 0.137 e. The van der Waals surface area contributed by atoms with Gasteiger partial charge in [0.1, 0.15) is 5.82 Å². The lowest BCUT2D eigenvalue weighted by atomic mass is 9.88. The largest absolute Gasteiger partial charge is 0.309 e. The fourth-order valence-corrected chi connectivity index (χ4v) is 4.21. The first-order chi connectivity index (χ1) is 9.56. The Labute approximate surface area is 134 Å². The molecule has 1 aromatic carbocycles. The molecule has 2 rings (SSSR count). The van der Waals surface area contributed by atoms with Crippen LogP contribution >= 0.6 is 27.7 Å². The molecule has 4 heteroatoms. The monoisotopic (exact) mass is 359 g/mol. The van der Waals surface area contributed by atoms with Crippen LogP contribution in [0.4, 0.5) is 4.39 Å². The molecule has 0 heterocycles. The second-order valence-corrected chi connectivity index (χ2v) is 7.85. The number of hydrogen-bond acceptors (Lipinski definition) is 2. The first-order valence-corrected chi connectivity index (χ1v) is 9.32. The van der Waals surface area contributed by atoms with Crippen molar-refractivity contribution < 1.29 is 4.39 Å². The third-order valence-electron chi connectivity index (χ3n) is 4.37. The minimum atomic E-state index is -0.200. The summed E-state index contributed by atoms with van der Waals surface area (Å²) in [7, 11) is 0. The molecule has 1 atom stereocenters. The van der Waals surface area contributed by atoms with E-state index in [-0.39, 0.29) is 11.9 Å². The summed E-state index contributed by atoms with van der Waals surface area (Å²) in [6.07, 6.45) is 8.91. The molecule has 1 N–H and O–H groups in total. The van der Waals surface area contributed by atoms with Gasteiger partial charge < -0.3 is 5.32 Å². The maximum Gasteiger partial charge on any atom is 0.137 e. The normalized spacial score (nSPS) is 19.8. The van der Waals surface area contributed by atoms with Crippen molar-refractivity contribution >= 4 is 27.7 Å². The molecule has 112 valence electrons. The average Bonchev–Trinajstić information content (AvgIpc) is 2.48. The zero-order valence-electron chi connectivity index (χ0n) is 12.2. The van der Waals surface area contributed by atoms with Crippen molar-refractivity contribution in [3.63, 3.8) is 0 Å². The highest BCUT2D eigenvalue weighted by Gasteiger charge is 2.31. The number of rotatable bonds is 5. The fourth-order valence-electron chi connectivity index (χ4n) is 2.89. The molecule has 0 amide bonds. The van der Waals surface area contributed by atoms with Crippen LogP contribution in [0.5, 0.6) is 0 Å². The third kappa shape index (κ3) is 3.99. The minimum absolute atomic E-state index is 0.200. The second kappa shape index (κ2) is 7.28. The molecule has 0 aliphatic heterocycles. The summed E-state index contributed by atoms with van der Waals surface area (Å²) in [6.45, 7) is 3.18. The maximum absolute atomic E-state index is 13.3. The third-order valence-corrected chi connectivity index (χ3v) is 6.40. The van der Waals surface area contributed by atoms with Crippen LogP contribution in [0.1, 0.15) is 50.6 Å². The van der Waals surface area contributed by atoms with Crippen LogP contribution in [0.3, 0.4) is 0 Å². The Kier molecular flexibility index (Phi) is 5.94. The quantitative estimate of drug-likeness (QED) is 0.764. The summed E-state index contributed by atoms with van der Waals surface area (Å²) in [5, 5.41) is 3.64. The first-order valence-electron chi connectivity index (χ1n) is 7.30. The molecule has 1 aliphatic rings. The highest BCUT2D eigenvalue weighted by Crippen LogP contribution is 2.38. The molecule has 20 heavy (non-hydrogen) atoms. The molecule has 1 aliphatic carbocycles. The predicted molar refractivity (Wildman–Crippen MR) is 89.8 cm³/mol. The zero-order chi connectivity index (χ0) is 14.6. The van der Waals surface area contributed by atoms with E-state index >= 15 is 0 Å². The summed E-state index contributed by atoms with van der Waals surface area (Å²) in [6, 6.07) is 5.52. The number of halogens is 2. The van der Waals surface area contributed by atoms with Crippen LogP contribution in [0, 0.1) is 5.82 Å². The fraction of sp³-hybridized carbons (Fsp3) is 0.625. The van der Waals surface area contributed by atoms with Gasteiger partial charge in [-0.05, 0) is 59.6 Å². The highest BCUT2D eigenvalue weighted by atomic mass is 79.9. The summed E-state index contributed by atoms with van der Waals surface area (Å²) in [5.41, 5.74) is 1.13. The maximum atomic E-state index is 13.3. The molecule has 0 aromatic heterocycles. The van der Waals surface area contributed by atoms with E-state index in [1.54, 1.807) is 0 Å². The van der Waals surface area contributed by atoms with Crippen molar-refractivity contribution in [2.24, 2.45) is 0 Å². The predicted octanol–water partition coefficient (Wildman–Crippen LogP) is 5.30.